The van der Waals surface area contributed by atoms with Crippen LogP contribution in [0.25, 0.3) is 0 Å². The minimum atomic E-state index is 0.169. The van der Waals surface area contributed by atoms with Gasteiger partial charge in [0.1, 0.15) is 5.75 Å². The van der Waals surface area contributed by atoms with Gasteiger partial charge in [-0.25, -0.2) is 0 Å². The van der Waals surface area contributed by atoms with Crippen molar-refractivity contribution in [2.45, 2.75) is 32.5 Å². The topological polar surface area (TPSA) is 72.2 Å². The first-order valence-corrected chi connectivity index (χ1v) is 7.10. The number of rotatable bonds is 8. The molecule has 0 aliphatic rings. The zero-order valence-corrected chi connectivity index (χ0v) is 12.5. The lowest BCUT2D eigenvalue weighted by Gasteiger charge is -2.13. The fourth-order valence-corrected chi connectivity index (χ4v) is 2.03. The minimum absolute atomic E-state index is 0.169. The van der Waals surface area contributed by atoms with Crippen LogP contribution < -0.4 is 10.1 Å². The van der Waals surface area contributed by atoms with Crippen molar-refractivity contribution in [2.75, 3.05) is 13.7 Å². The van der Waals surface area contributed by atoms with Crippen molar-refractivity contribution in [2.24, 2.45) is 0 Å². The van der Waals surface area contributed by atoms with E-state index in [9.17, 15) is 0 Å². The lowest BCUT2D eigenvalue weighted by Crippen LogP contribution is -2.18. The van der Waals surface area contributed by atoms with Gasteiger partial charge in [-0.05, 0) is 31.0 Å². The maximum atomic E-state index is 8.79. The molecule has 0 aliphatic heterocycles. The van der Waals surface area contributed by atoms with Crippen LogP contribution >= 0.6 is 0 Å². The standard InChI is InChI=1S/C15H22N4O2/c1-12(13-4-6-15(21-2)7-5-13)16-10-14-11-19(18-17-14)8-3-9-20/h4-7,11-12,16,20H,3,8-10H2,1-2H3. The lowest BCUT2D eigenvalue weighted by molar-refractivity contribution is 0.276. The predicted octanol–water partition coefficient (Wildman–Crippen LogP) is 1.52. The molecule has 114 valence electrons. The Labute approximate surface area is 124 Å². The van der Waals surface area contributed by atoms with Gasteiger partial charge in [-0.15, -0.1) is 5.10 Å². The highest BCUT2D eigenvalue weighted by molar-refractivity contribution is 5.28. The predicted molar refractivity (Wildman–Crippen MR) is 80.0 cm³/mol. The highest BCUT2D eigenvalue weighted by Crippen LogP contribution is 2.17. The summed E-state index contributed by atoms with van der Waals surface area (Å²) in [6, 6.07) is 8.24. The Hall–Kier alpha value is -1.92. The van der Waals surface area contributed by atoms with Gasteiger partial charge >= 0.3 is 0 Å². The van der Waals surface area contributed by atoms with Crippen molar-refractivity contribution in [3.63, 3.8) is 0 Å². The number of methoxy groups -OCH3 is 1. The molecule has 2 N–H and O–H groups in total. The maximum absolute atomic E-state index is 8.79. The fraction of sp³-hybridized carbons (Fsp3) is 0.467. The van der Waals surface area contributed by atoms with E-state index in [2.05, 4.69) is 34.7 Å². The van der Waals surface area contributed by atoms with Gasteiger partial charge in [0.25, 0.3) is 0 Å². The molecule has 2 aromatic rings. The third kappa shape index (κ3) is 4.54. The molecular formula is C15H22N4O2. The first-order chi connectivity index (χ1) is 10.2. The molecule has 0 spiro atoms. The molecule has 6 heteroatoms. The van der Waals surface area contributed by atoms with Crippen molar-refractivity contribution in [1.29, 1.82) is 0 Å². The van der Waals surface area contributed by atoms with E-state index in [0.717, 1.165) is 11.4 Å². The summed E-state index contributed by atoms with van der Waals surface area (Å²) in [5, 5.41) is 20.3. The van der Waals surface area contributed by atoms with Crippen LogP contribution in [0.2, 0.25) is 0 Å². The van der Waals surface area contributed by atoms with Gasteiger partial charge in [0.15, 0.2) is 0 Å². The van der Waals surface area contributed by atoms with Crippen LogP contribution in [0.1, 0.15) is 30.6 Å². The van der Waals surface area contributed by atoms with Gasteiger partial charge in [-0.2, -0.15) is 0 Å². The van der Waals surface area contributed by atoms with Gasteiger partial charge < -0.3 is 15.2 Å². The highest BCUT2D eigenvalue weighted by Gasteiger charge is 2.07. The van der Waals surface area contributed by atoms with Crippen molar-refractivity contribution in [3.05, 3.63) is 41.7 Å². The van der Waals surface area contributed by atoms with Gasteiger partial charge in [0.05, 0.1) is 12.8 Å². The fourth-order valence-electron chi connectivity index (χ4n) is 2.03. The molecule has 1 unspecified atom stereocenters. The van der Waals surface area contributed by atoms with E-state index < -0.39 is 0 Å². The first kappa shape index (κ1) is 15.5. The molecule has 0 aliphatic carbocycles. The van der Waals surface area contributed by atoms with Crippen LogP contribution in [0.5, 0.6) is 5.75 Å². The van der Waals surface area contributed by atoms with E-state index in [-0.39, 0.29) is 12.6 Å². The van der Waals surface area contributed by atoms with Crippen molar-refractivity contribution in [1.82, 2.24) is 20.3 Å². The summed E-state index contributed by atoms with van der Waals surface area (Å²) < 4.78 is 6.91. The second-order valence-electron chi connectivity index (χ2n) is 4.93. The molecule has 0 amide bonds. The Morgan fingerprint density at radius 1 is 1.33 bits per heavy atom. The van der Waals surface area contributed by atoms with Crippen LogP contribution in [0.3, 0.4) is 0 Å². The number of aromatic nitrogens is 3. The molecule has 1 aromatic carbocycles. The number of aryl methyl sites for hydroxylation is 1. The quantitative estimate of drug-likeness (QED) is 0.771. The molecule has 0 saturated heterocycles. The van der Waals surface area contributed by atoms with Crippen LogP contribution in [-0.4, -0.2) is 33.8 Å². The lowest BCUT2D eigenvalue weighted by atomic mass is 10.1. The van der Waals surface area contributed by atoms with Crippen molar-refractivity contribution >= 4 is 0 Å². The number of nitrogens with zero attached hydrogens (tertiary/aromatic N) is 3. The summed E-state index contributed by atoms with van der Waals surface area (Å²) in [7, 11) is 1.66. The molecule has 2 rings (SSSR count). The molecule has 0 fully saturated rings. The number of hydrogen-bond donors (Lipinski definition) is 2. The van der Waals surface area contributed by atoms with E-state index in [0.29, 0.717) is 19.5 Å². The SMILES string of the molecule is COc1ccc(C(C)NCc2cn(CCCO)nn2)cc1. The Kier molecular flexibility index (Phi) is 5.71. The van der Waals surface area contributed by atoms with Crippen molar-refractivity contribution in [3.8, 4) is 5.75 Å². The number of ether oxygens (including phenoxy) is 1. The number of benzene rings is 1. The Balaban J connectivity index is 1.85. The number of aliphatic hydroxyl groups is 1. The van der Waals surface area contributed by atoms with Gasteiger partial charge in [-0.3, -0.25) is 4.68 Å². The Morgan fingerprint density at radius 3 is 2.76 bits per heavy atom. The summed E-state index contributed by atoms with van der Waals surface area (Å²) in [6.07, 6.45) is 2.60. The largest absolute Gasteiger partial charge is 0.497 e. The van der Waals surface area contributed by atoms with E-state index in [4.69, 9.17) is 9.84 Å². The molecule has 6 nitrogen and oxygen atoms in total. The van der Waals surface area contributed by atoms with E-state index in [1.807, 2.05) is 18.3 Å². The zero-order valence-electron chi connectivity index (χ0n) is 12.5. The molecule has 21 heavy (non-hydrogen) atoms. The first-order valence-electron chi connectivity index (χ1n) is 7.10. The molecule has 1 heterocycles. The van der Waals surface area contributed by atoms with Crippen LogP contribution in [-0.2, 0) is 13.1 Å². The number of aliphatic hydroxyl groups excluding tert-OH is 1. The second kappa shape index (κ2) is 7.75. The zero-order chi connectivity index (χ0) is 15.1. The van der Waals surface area contributed by atoms with Gasteiger partial charge in [0, 0.05) is 31.9 Å². The summed E-state index contributed by atoms with van der Waals surface area (Å²) in [5.74, 6) is 0.859. The summed E-state index contributed by atoms with van der Waals surface area (Å²) in [5.41, 5.74) is 2.09. The smallest absolute Gasteiger partial charge is 0.118 e. The summed E-state index contributed by atoms with van der Waals surface area (Å²) in [6.45, 7) is 3.63. The molecule has 0 saturated carbocycles. The monoisotopic (exact) mass is 290 g/mol. The minimum Gasteiger partial charge on any atom is -0.497 e. The van der Waals surface area contributed by atoms with Gasteiger partial charge in [0.2, 0.25) is 0 Å². The highest BCUT2D eigenvalue weighted by atomic mass is 16.5. The average molecular weight is 290 g/mol. The van der Waals surface area contributed by atoms with Crippen LogP contribution in [0.15, 0.2) is 30.5 Å². The van der Waals surface area contributed by atoms with Gasteiger partial charge in [-0.1, -0.05) is 17.3 Å². The molecule has 0 radical (unpaired) electrons. The Bertz CT molecular complexity index is 539. The van der Waals surface area contributed by atoms with Crippen molar-refractivity contribution < 1.29 is 9.84 Å². The molecule has 0 bridgehead atoms. The van der Waals surface area contributed by atoms with E-state index in [1.54, 1.807) is 11.8 Å². The third-order valence-electron chi connectivity index (χ3n) is 3.34. The molecule has 1 aromatic heterocycles. The molecule has 1 atom stereocenters. The number of nitrogens with one attached hydrogen (secondary N) is 1. The average Bonchev–Trinajstić information content (AvgIpc) is 2.98. The summed E-state index contributed by atoms with van der Waals surface area (Å²) in [4.78, 5) is 0. The van der Waals surface area contributed by atoms with Crippen LogP contribution in [0.4, 0.5) is 0 Å². The molecular weight excluding hydrogens is 268 g/mol. The third-order valence-corrected chi connectivity index (χ3v) is 3.34. The normalized spacial score (nSPS) is 12.3. The van der Waals surface area contributed by atoms with E-state index >= 15 is 0 Å². The summed E-state index contributed by atoms with van der Waals surface area (Å²) >= 11 is 0. The maximum Gasteiger partial charge on any atom is 0.118 e. The second-order valence-corrected chi connectivity index (χ2v) is 4.93. The van der Waals surface area contributed by atoms with E-state index in [1.165, 1.54) is 5.56 Å². The Morgan fingerprint density at radius 2 is 2.10 bits per heavy atom. The number of hydrogen-bond acceptors (Lipinski definition) is 5. The van der Waals surface area contributed by atoms with Crippen LogP contribution in [0, 0.1) is 0 Å².